The van der Waals surface area contributed by atoms with Gasteiger partial charge in [-0.1, -0.05) is 12.1 Å². The molecule has 27 heavy (non-hydrogen) atoms. The van der Waals surface area contributed by atoms with Gasteiger partial charge < -0.3 is 9.80 Å². The number of hydrogen-bond donors (Lipinski definition) is 0. The Bertz CT molecular complexity index is 836. The Morgan fingerprint density at radius 3 is 2.59 bits per heavy atom. The topological polar surface area (TPSA) is 58.4 Å². The van der Waals surface area contributed by atoms with Crippen LogP contribution in [0.15, 0.2) is 42.7 Å². The monoisotopic (exact) mass is 366 g/mol. The van der Waals surface area contributed by atoms with Gasteiger partial charge >= 0.3 is 0 Å². The van der Waals surface area contributed by atoms with Crippen molar-refractivity contribution in [2.75, 3.05) is 11.4 Å². The molecule has 6 nitrogen and oxygen atoms in total. The van der Waals surface area contributed by atoms with Gasteiger partial charge in [0.15, 0.2) is 0 Å². The quantitative estimate of drug-likeness (QED) is 0.739. The third kappa shape index (κ3) is 4.64. The van der Waals surface area contributed by atoms with Crippen LogP contribution in [0.3, 0.4) is 0 Å². The summed E-state index contributed by atoms with van der Waals surface area (Å²) >= 11 is 0. The van der Waals surface area contributed by atoms with E-state index in [0.717, 1.165) is 29.8 Å². The molecule has 0 N–H and O–H groups in total. The number of amides is 2. The lowest BCUT2D eigenvalue weighted by atomic mass is 10.1. The van der Waals surface area contributed by atoms with Crippen LogP contribution < -0.4 is 4.90 Å². The lowest BCUT2D eigenvalue weighted by molar-refractivity contribution is -0.128. The summed E-state index contributed by atoms with van der Waals surface area (Å²) in [7, 11) is 1.87. The first-order chi connectivity index (χ1) is 12.9. The molecule has 0 unspecified atom stereocenters. The Balaban J connectivity index is 1.66. The van der Waals surface area contributed by atoms with E-state index in [1.54, 1.807) is 17.0 Å². The van der Waals surface area contributed by atoms with Crippen molar-refractivity contribution in [1.82, 2.24) is 14.7 Å². The number of aromatic nitrogens is 2. The minimum absolute atomic E-state index is 0.0346. The second-order valence-electron chi connectivity index (χ2n) is 7.16. The van der Waals surface area contributed by atoms with E-state index in [2.05, 4.69) is 5.10 Å². The summed E-state index contributed by atoms with van der Waals surface area (Å²) in [4.78, 5) is 28.1. The van der Waals surface area contributed by atoms with E-state index in [1.165, 1.54) is 0 Å². The lowest BCUT2D eigenvalue weighted by Gasteiger charge is -2.25. The zero-order chi connectivity index (χ0) is 19.4. The van der Waals surface area contributed by atoms with E-state index in [9.17, 15) is 9.59 Å². The molecule has 0 saturated carbocycles. The molecule has 142 valence electrons. The molecule has 0 atom stereocenters. The molecule has 1 aliphatic heterocycles. The summed E-state index contributed by atoms with van der Waals surface area (Å²) in [6, 6.07) is 7.83. The zero-order valence-corrected chi connectivity index (χ0v) is 16.1. The van der Waals surface area contributed by atoms with E-state index >= 15 is 0 Å². The summed E-state index contributed by atoms with van der Waals surface area (Å²) in [5.74, 6) is 0.143. The van der Waals surface area contributed by atoms with Gasteiger partial charge in [-0.2, -0.15) is 5.10 Å². The largest absolute Gasteiger partial charge is 0.332 e. The number of anilines is 1. The van der Waals surface area contributed by atoms with E-state index in [4.69, 9.17) is 0 Å². The molecule has 1 aliphatic rings. The van der Waals surface area contributed by atoms with Crippen molar-refractivity contribution in [3.8, 4) is 0 Å². The Labute approximate surface area is 160 Å². The standard InChI is InChI=1S/C21H26N4O2/c1-16(2)25(15-18-13-22-23(3)14-18)21(27)11-8-17-6-9-19(10-7-17)24-12-4-5-20(24)26/h6-11,13-14,16H,4-5,12,15H2,1-3H3/b11-8+. The minimum atomic E-state index is -0.0346. The molecule has 0 aliphatic carbocycles. The predicted molar refractivity (Wildman–Crippen MR) is 106 cm³/mol. The number of benzene rings is 1. The van der Waals surface area contributed by atoms with Crippen LogP contribution >= 0.6 is 0 Å². The Morgan fingerprint density at radius 2 is 2.04 bits per heavy atom. The second kappa shape index (κ2) is 8.20. The molecule has 0 radical (unpaired) electrons. The normalized spacial score (nSPS) is 14.5. The van der Waals surface area contributed by atoms with Crippen LogP contribution in [0.2, 0.25) is 0 Å². The Hall–Kier alpha value is -2.89. The molecular formula is C21H26N4O2. The van der Waals surface area contributed by atoms with E-state index in [-0.39, 0.29) is 17.9 Å². The molecule has 0 spiro atoms. The van der Waals surface area contributed by atoms with Crippen LogP contribution in [0, 0.1) is 0 Å². The third-order valence-electron chi connectivity index (χ3n) is 4.71. The van der Waals surface area contributed by atoms with Crippen molar-refractivity contribution in [2.45, 2.75) is 39.3 Å². The summed E-state index contributed by atoms with van der Waals surface area (Å²) in [6.07, 6.45) is 8.66. The molecule has 1 aromatic carbocycles. The first-order valence-corrected chi connectivity index (χ1v) is 9.30. The SMILES string of the molecule is CC(C)N(Cc1cnn(C)c1)C(=O)/C=C/c1ccc(N2CCCC2=O)cc1. The number of aryl methyl sites for hydroxylation is 1. The van der Waals surface area contributed by atoms with Gasteiger partial charge in [0.1, 0.15) is 0 Å². The van der Waals surface area contributed by atoms with Gasteiger partial charge in [-0.25, -0.2) is 0 Å². The fourth-order valence-electron chi connectivity index (χ4n) is 3.21. The van der Waals surface area contributed by atoms with Crippen molar-refractivity contribution in [2.24, 2.45) is 7.05 Å². The van der Waals surface area contributed by atoms with Gasteiger partial charge in [0.05, 0.1) is 6.20 Å². The highest BCUT2D eigenvalue weighted by Crippen LogP contribution is 2.22. The predicted octanol–water partition coefficient (Wildman–Crippen LogP) is 3.00. The lowest BCUT2D eigenvalue weighted by Crippen LogP contribution is -2.35. The summed E-state index contributed by atoms with van der Waals surface area (Å²) in [5, 5.41) is 4.16. The van der Waals surface area contributed by atoms with Crippen LogP contribution in [0.1, 0.15) is 37.8 Å². The molecule has 2 amide bonds. The van der Waals surface area contributed by atoms with Crippen molar-refractivity contribution in [1.29, 1.82) is 0 Å². The van der Waals surface area contributed by atoms with Crippen molar-refractivity contribution in [3.05, 3.63) is 53.9 Å². The van der Waals surface area contributed by atoms with Crippen LogP contribution in [-0.4, -0.2) is 39.1 Å². The maximum absolute atomic E-state index is 12.6. The van der Waals surface area contributed by atoms with Crippen molar-refractivity contribution < 1.29 is 9.59 Å². The van der Waals surface area contributed by atoms with E-state index in [0.29, 0.717) is 13.0 Å². The molecule has 1 saturated heterocycles. The molecule has 3 rings (SSSR count). The number of nitrogens with zero attached hydrogens (tertiary/aromatic N) is 4. The number of hydrogen-bond acceptors (Lipinski definition) is 3. The Morgan fingerprint density at radius 1 is 1.30 bits per heavy atom. The van der Waals surface area contributed by atoms with Gasteiger partial charge in [0, 0.05) is 56.1 Å². The number of carbonyl (C=O) groups is 2. The number of carbonyl (C=O) groups excluding carboxylic acids is 2. The van der Waals surface area contributed by atoms with Gasteiger partial charge in [0.2, 0.25) is 11.8 Å². The molecule has 2 heterocycles. The molecular weight excluding hydrogens is 340 g/mol. The fourth-order valence-corrected chi connectivity index (χ4v) is 3.21. The summed E-state index contributed by atoms with van der Waals surface area (Å²) in [5.41, 5.74) is 2.86. The van der Waals surface area contributed by atoms with Gasteiger partial charge in [0.25, 0.3) is 0 Å². The van der Waals surface area contributed by atoms with Crippen molar-refractivity contribution >= 4 is 23.6 Å². The first-order valence-electron chi connectivity index (χ1n) is 9.30. The molecule has 6 heteroatoms. The third-order valence-corrected chi connectivity index (χ3v) is 4.71. The van der Waals surface area contributed by atoms with Crippen molar-refractivity contribution in [3.63, 3.8) is 0 Å². The highest BCUT2D eigenvalue weighted by atomic mass is 16.2. The highest BCUT2D eigenvalue weighted by molar-refractivity contribution is 5.95. The van der Waals surface area contributed by atoms with E-state index in [1.807, 2.05) is 67.2 Å². The van der Waals surface area contributed by atoms with Gasteiger partial charge in [-0.05, 0) is 44.0 Å². The van der Waals surface area contributed by atoms with E-state index < -0.39 is 0 Å². The van der Waals surface area contributed by atoms with Crippen LogP contribution in [0.5, 0.6) is 0 Å². The van der Waals surface area contributed by atoms with Crippen LogP contribution in [0.25, 0.3) is 6.08 Å². The van der Waals surface area contributed by atoms with Gasteiger partial charge in [-0.3, -0.25) is 14.3 Å². The minimum Gasteiger partial charge on any atom is -0.332 e. The average Bonchev–Trinajstić information content (AvgIpc) is 3.26. The summed E-state index contributed by atoms with van der Waals surface area (Å²) < 4.78 is 1.74. The molecule has 2 aromatic rings. The Kier molecular flexibility index (Phi) is 5.74. The molecule has 1 aromatic heterocycles. The smallest absolute Gasteiger partial charge is 0.247 e. The van der Waals surface area contributed by atoms with Crippen LogP contribution in [-0.2, 0) is 23.2 Å². The first kappa shape index (κ1) is 18.9. The fraction of sp³-hybridized carbons (Fsp3) is 0.381. The maximum Gasteiger partial charge on any atom is 0.247 e. The summed E-state index contributed by atoms with van der Waals surface area (Å²) in [6.45, 7) is 5.32. The highest BCUT2D eigenvalue weighted by Gasteiger charge is 2.21. The van der Waals surface area contributed by atoms with Gasteiger partial charge in [-0.15, -0.1) is 0 Å². The number of rotatable bonds is 6. The van der Waals surface area contributed by atoms with Crippen LogP contribution in [0.4, 0.5) is 5.69 Å². The average molecular weight is 366 g/mol. The molecule has 0 bridgehead atoms. The molecule has 1 fully saturated rings. The second-order valence-corrected chi connectivity index (χ2v) is 7.16. The zero-order valence-electron chi connectivity index (χ0n) is 16.1. The maximum atomic E-state index is 12.6.